The number of halogens is 1. The third kappa shape index (κ3) is 4.91. The molecule has 0 aliphatic heterocycles. The molecule has 0 amide bonds. The van der Waals surface area contributed by atoms with Gasteiger partial charge in [-0.25, -0.2) is 8.42 Å². The fourth-order valence-electron chi connectivity index (χ4n) is 2.48. The van der Waals surface area contributed by atoms with E-state index in [9.17, 15) is 18.5 Å². The highest BCUT2D eigenvalue weighted by atomic mass is 35.5. The normalized spacial score (nSPS) is 11.7. The lowest BCUT2D eigenvalue weighted by Gasteiger charge is -2.13. The van der Waals surface area contributed by atoms with E-state index in [0.717, 1.165) is 11.6 Å². The molecule has 1 aromatic heterocycles. The molecule has 9 nitrogen and oxygen atoms in total. The number of pyridine rings is 1. The zero-order chi connectivity index (χ0) is 21.7. The van der Waals surface area contributed by atoms with Crippen molar-refractivity contribution in [3.05, 3.63) is 87.7 Å². The number of hydrogen-bond donors (Lipinski definition) is 2. The van der Waals surface area contributed by atoms with Crippen LogP contribution in [0.15, 0.2) is 77.0 Å². The molecule has 0 fully saturated rings. The van der Waals surface area contributed by atoms with E-state index in [-0.39, 0.29) is 27.0 Å². The number of anilines is 2. The van der Waals surface area contributed by atoms with E-state index in [1.165, 1.54) is 24.3 Å². The number of nitrogens with zero attached hydrogens (tertiary/aromatic N) is 3. The average Bonchev–Trinajstić information content (AvgIpc) is 2.74. The molecule has 0 unspecified atom stereocenters. The second kappa shape index (κ2) is 8.89. The van der Waals surface area contributed by atoms with Gasteiger partial charge in [0.25, 0.3) is 15.7 Å². The third-order valence-corrected chi connectivity index (χ3v) is 5.76. The standard InChI is InChI=1S/C19H16ClN5O4S/c1-13(14-8-10-21-11-9-14)22-23-18-7-6-15(25(26)27)12-19(18)30(28,29)24-17-5-3-2-4-16(17)20/h2-12,23-24H,1H3/b22-13-. The van der Waals surface area contributed by atoms with Crippen molar-refractivity contribution in [2.45, 2.75) is 11.8 Å². The maximum absolute atomic E-state index is 13.0. The first-order chi connectivity index (χ1) is 14.3. The molecule has 154 valence electrons. The average molecular weight is 446 g/mol. The predicted octanol–water partition coefficient (Wildman–Crippen LogP) is 4.28. The zero-order valence-electron chi connectivity index (χ0n) is 15.6. The van der Waals surface area contributed by atoms with Crippen LogP contribution in [-0.2, 0) is 10.0 Å². The minimum atomic E-state index is -4.22. The van der Waals surface area contributed by atoms with Crippen molar-refractivity contribution in [2.75, 3.05) is 10.1 Å². The molecule has 0 aliphatic rings. The number of nitro groups is 1. The van der Waals surface area contributed by atoms with Crippen LogP contribution in [0.1, 0.15) is 12.5 Å². The van der Waals surface area contributed by atoms with Crippen molar-refractivity contribution in [1.82, 2.24) is 4.98 Å². The van der Waals surface area contributed by atoms with Gasteiger partial charge in [0.1, 0.15) is 4.90 Å². The Labute approximate surface area is 177 Å². The maximum atomic E-state index is 13.0. The Morgan fingerprint density at radius 3 is 2.47 bits per heavy atom. The molecule has 3 aromatic rings. The van der Waals surface area contributed by atoms with E-state index in [2.05, 4.69) is 20.2 Å². The third-order valence-electron chi connectivity index (χ3n) is 4.03. The number of benzene rings is 2. The lowest BCUT2D eigenvalue weighted by molar-refractivity contribution is -0.385. The summed E-state index contributed by atoms with van der Waals surface area (Å²) in [5, 5.41) is 15.5. The summed E-state index contributed by atoms with van der Waals surface area (Å²) in [6.07, 6.45) is 3.20. The molecule has 3 rings (SSSR count). The number of sulfonamides is 1. The molecule has 30 heavy (non-hydrogen) atoms. The maximum Gasteiger partial charge on any atom is 0.270 e. The number of rotatable bonds is 7. The number of hydrazone groups is 1. The fraction of sp³-hybridized carbons (Fsp3) is 0.0526. The minimum absolute atomic E-state index is 0.0635. The highest BCUT2D eigenvalue weighted by molar-refractivity contribution is 7.93. The molecular weight excluding hydrogens is 430 g/mol. The van der Waals surface area contributed by atoms with Crippen LogP contribution in [-0.4, -0.2) is 24.0 Å². The van der Waals surface area contributed by atoms with Crippen LogP contribution < -0.4 is 10.1 Å². The van der Waals surface area contributed by atoms with Crippen molar-refractivity contribution in [3.8, 4) is 0 Å². The van der Waals surface area contributed by atoms with E-state index in [1.54, 1.807) is 43.6 Å². The number of nitrogens with one attached hydrogen (secondary N) is 2. The summed E-state index contributed by atoms with van der Waals surface area (Å²) in [5.41, 5.74) is 3.85. The molecule has 2 aromatic carbocycles. The molecule has 0 spiro atoms. The molecule has 11 heteroatoms. The number of nitro benzene ring substituents is 1. The van der Waals surface area contributed by atoms with Gasteiger partial charge in [0, 0.05) is 30.1 Å². The van der Waals surface area contributed by atoms with Gasteiger partial charge in [-0.05, 0) is 37.3 Å². The van der Waals surface area contributed by atoms with Gasteiger partial charge < -0.3 is 0 Å². The molecule has 0 saturated heterocycles. The molecule has 0 atom stereocenters. The minimum Gasteiger partial charge on any atom is -0.278 e. The Kier molecular flexibility index (Phi) is 6.28. The van der Waals surface area contributed by atoms with Crippen LogP contribution in [0, 0.1) is 10.1 Å². The zero-order valence-corrected chi connectivity index (χ0v) is 17.2. The summed E-state index contributed by atoms with van der Waals surface area (Å²) in [6, 6.07) is 13.2. The monoisotopic (exact) mass is 445 g/mol. The van der Waals surface area contributed by atoms with Crippen LogP contribution in [0.4, 0.5) is 17.1 Å². The lowest BCUT2D eigenvalue weighted by atomic mass is 10.2. The summed E-state index contributed by atoms with van der Waals surface area (Å²) in [6.45, 7) is 1.73. The summed E-state index contributed by atoms with van der Waals surface area (Å²) in [7, 11) is -4.22. The van der Waals surface area contributed by atoms with Crippen LogP contribution in [0.25, 0.3) is 0 Å². The second-order valence-corrected chi connectivity index (χ2v) is 8.13. The fourth-order valence-corrected chi connectivity index (χ4v) is 3.98. The first-order valence-electron chi connectivity index (χ1n) is 8.54. The smallest absolute Gasteiger partial charge is 0.270 e. The topological polar surface area (TPSA) is 127 Å². The van der Waals surface area contributed by atoms with Gasteiger partial charge in [0.15, 0.2) is 0 Å². The molecule has 2 N–H and O–H groups in total. The molecule has 0 aliphatic carbocycles. The molecule has 0 radical (unpaired) electrons. The SMILES string of the molecule is C/C(=N/Nc1ccc([N+](=O)[O-])cc1S(=O)(=O)Nc1ccccc1Cl)c1ccncc1. The Hall–Kier alpha value is -3.50. The van der Waals surface area contributed by atoms with E-state index in [1.807, 2.05) is 0 Å². The summed E-state index contributed by atoms with van der Waals surface area (Å²) in [5.74, 6) is 0. The Balaban J connectivity index is 2.00. The second-order valence-electron chi connectivity index (χ2n) is 6.07. The van der Waals surface area contributed by atoms with E-state index < -0.39 is 14.9 Å². The summed E-state index contributed by atoms with van der Waals surface area (Å²) in [4.78, 5) is 14.1. The number of para-hydroxylation sites is 1. The van der Waals surface area contributed by atoms with Gasteiger partial charge in [-0.3, -0.25) is 25.2 Å². The van der Waals surface area contributed by atoms with Gasteiger partial charge >= 0.3 is 0 Å². The van der Waals surface area contributed by atoms with Crippen LogP contribution in [0.5, 0.6) is 0 Å². The Morgan fingerprint density at radius 2 is 1.80 bits per heavy atom. The number of non-ortho nitro benzene ring substituents is 1. The number of aromatic nitrogens is 1. The Morgan fingerprint density at radius 1 is 1.10 bits per heavy atom. The summed E-state index contributed by atoms with van der Waals surface area (Å²) < 4.78 is 28.3. The van der Waals surface area contributed by atoms with Gasteiger partial charge in [-0.1, -0.05) is 23.7 Å². The van der Waals surface area contributed by atoms with Crippen molar-refractivity contribution in [3.63, 3.8) is 0 Å². The van der Waals surface area contributed by atoms with Gasteiger partial charge in [-0.2, -0.15) is 5.10 Å². The molecule has 0 bridgehead atoms. The predicted molar refractivity (Wildman–Crippen MR) is 115 cm³/mol. The van der Waals surface area contributed by atoms with Gasteiger partial charge in [0.2, 0.25) is 0 Å². The number of hydrogen-bond acceptors (Lipinski definition) is 7. The lowest BCUT2D eigenvalue weighted by Crippen LogP contribution is -2.15. The van der Waals surface area contributed by atoms with E-state index in [4.69, 9.17) is 11.6 Å². The van der Waals surface area contributed by atoms with Crippen molar-refractivity contribution < 1.29 is 13.3 Å². The largest absolute Gasteiger partial charge is 0.278 e. The van der Waals surface area contributed by atoms with Crippen molar-refractivity contribution in [1.29, 1.82) is 0 Å². The first-order valence-corrected chi connectivity index (χ1v) is 10.4. The van der Waals surface area contributed by atoms with Crippen LogP contribution >= 0.6 is 11.6 Å². The summed E-state index contributed by atoms with van der Waals surface area (Å²) >= 11 is 6.03. The molecule has 0 saturated carbocycles. The first kappa shape index (κ1) is 21.2. The van der Waals surface area contributed by atoms with E-state index >= 15 is 0 Å². The van der Waals surface area contributed by atoms with Gasteiger partial charge in [0.05, 0.1) is 27.0 Å². The van der Waals surface area contributed by atoms with E-state index in [0.29, 0.717) is 5.71 Å². The quantitative estimate of drug-likeness (QED) is 0.317. The van der Waals surface area contributed by atoms with Crippen LogP contribution in [0.2, 0.25) is 5.02 Å². The molecule has 1 heterocycles. The van der Waals surface area contributed by atoms with Crippen molar-refractivity contribution >= 4 is 44.4 Å². The highest BCUT2D eigenvalue weighted by Gasteiger charge is 2.23. The highest BCUT2D eigenvalue weighted by Crippen LogP contribution is 2.30. The Bertz CT molecular complexity index is 1220. The molecular formula is C19H16ClN5O4S. The van der Waals surface area contributed by atoms with Crippen LogP contribution in [0.3, 0.4) is 0 Å². The van der Waals surface area contributed by atoms with Crippen molar-refractivity contribution in [2.24, 2.45) is 5.10 Å². The van der Waals surface area contributed by atoms with Gasteiger partial charge in [-0.15, -0.1) is 0 Å².